The third-order valence-electron chi connectivity index (χ3n) is 3.43. The highest BCUT2D eigenvalue weighted by Gasteiger charge is 2.36. The molecule has 1 fully saturated rings. The molecule has 8 nitrogen and oxygen atoms in total. The van der Waals surface area contributed by atoms with E-state index in [4.69, 9.17) is 9.88 Å². The van der Waals surface area contributed by atoms with Gasteiger partial charge in [0, 0.05) is 13.0 Å². The highest BCUT2D eigenvalue weighted by Crippen LogP contribution is 2.42. The van der Waals surface area contributed by atoms with Crippen LogP contribution in [-0.2, 0) is 14.8 Å². The maximum absolute atomic E-state index is 12.2. The summed E-state index contributed by atoms with van der Waals surface area (Å²) >= 11 is 0. The highest BCUT2D eigenvalue weighted by atomic mass is 32.2. The van der Waals surface area contributed by atoms with Crippen LogP contribution in [0.25, 0.3) is 0 Å². The molecule has 118 valence electrons. The van der Waals surface area contributed by atoms with E-state index in [1.165, 1.54) is 7.11 Å². The van der Waals surface area contributed by atoms with Crippen molar-refractivity contribution >= 4 is 15.9 Å². The number of sulfonamides is 1. The minimum Gasteiger partial charge on any atom is -0.383 e. The van der Waals surface area contributed by atoms with Crippen molar-refractivity contribution in [3.8, 4) is 0 Å². The second-order valence-corrected chi connectivity index (χ2v) is 6.67. The molecule has 0 saturated heterocycles. The lowest BCUT2D eigenvalue weighted by Gasteiger charge is -2.15. The Morgan fingerprint density at radius 2 is 2.24 bits per heavy atom. The molecular formula is C12H20N4O4S. The minimum absolute atomic E-state index is 0.0910. The van der Waals surface area contributed by atoms with E-state index < -0.39 is 15.9 Å². The maximum atomic E-state index is 12.2. The molecule has 0 spiro atoms. The monoisotopic (exact) mass is 316 g/mol. The molecule has 1 amide bonds. The van der Waals surface area contributed by atoms with Crippen LogP contribution in [0.3, 0.4) is 0 Å². The number of H-pyrrole nitrogens is 1. The van der Waals surface area contributed by atoms with Crippen molar-refractivity contribution in [3.05, 3.63) is 11.4 Å². The third-order valence-corrected chi connectivity index (χ3v) is 4.41. The van der Waals surface area contributed by atoms with Gasteiger partial charge in [0.1, 0.15) is 4.90 Å². The van der Waals surface area contributed by atoms with Gasteiger partial charge in [0.25, 0.3) is 5.91 Å². The van der Waals surface area contributed by atoms with E-state index in [9.17, 15) is 13.2 Å². The summed E-state index contributed by atoms with van der Waals surface area (Å²) in [7, 11) is -2.48. The van der Waals surface area contributed by atoms with Gasteiger partial charge in [0.05, 0.1) is 18.3 Å². The second-order valence-electron chi connectivity index (χ2n) is 5.17. The summed E-state index contributed by atoms with van der Waals surface area (Å²) in [5.41, 5.74) is 0.261. The number of nitrogens with two attached hydrogens (primary N) is 1. The van der Waals surface area contributed by atoms with Crippen LogP contribution in [0.1, 0.15) is 48.3 Å². The molecule has 1 aliphatic rings. The number of nitrogens with zero attached hydrogens (tertiary/aromatic N) is 1. The van der Waals surface area contributed by atoms with Crippen molar-refractivity contribution in [3.63, 3.8) is 0 Å². The predicted octanol–water partition coefficient (Wildman–Crippen LogP) is 0.0893. The van der Waals surface area contributed by atoms with E-state index in [2.05, 4.69) is 15.5 Å². The number of rotatable bonds is 7. The van der Waals surface area contributed by atoms with Gasteiger partial charge >= 0.3 is 0 Å². The van der Waals surface area contributed by atoms with Gasteiger partial charge in [-0.2, -0.15) is 5.10 Å². The standard InChI is InChI=1S/C12H20N4O4S/c1-3-8(6-20-2)14-12(17)10-11(21(13,18)19)9(15-16-10)7-4-5-7/h7-8H,3-6H2,1-2H3,(H,14,17)(H,15,16)(H2,13,18,19). The summed E-state index contributed by atoms with van der Waals surface area (Å²) in [6, 6.07) is -0.211. The fraction of sp³-hybridized carbons (Fsp3) is 0.667. The van der Waals surface area contributed by atoms with E-state index in [1.54, 1.807) is 0 Å². The van der Waals surface area contributed by atoms with Gasteiger partial charge in [-0.1, -0.05) is 6.92 Å². The Balaban J connectivity index is 2.29. The lowest BCUT2D eigenvalue weighted by Crippen LogP contribution is -2.38. The van der Waals surface area contributed by atoms with Crippen LogP contribution < -0.4 is 10.5 Å². The first-order valence-corrected chi connectivity index (χ1v) is 8.34. The van der Waals surface area contributed by atoms with Gasteiger partial charge in [-0.15, -0.1) is 0 Å². The van der Waals surface area contributed by atoms with Gasteiger partial charge in [-0.3, -0.25) is 9.89 Å². The first-order valence-electron chi connectivity index (χ1n) is 6.79. The molecule has 9 heteroatoms. The van der Waals surface area contributed by atoms with Crippen LogP contribution in [0, 0.1) is 0 Å². The molecule has 0 aromatic carbocycles. The Morgan fingerprint density at radius 3 is 2.71 bits per heavy atom. The van der Waals surface area contributed by atoms with Crippen LogP contribution >= 0.6 is 0 Å². The number of aromatic nitrogens is 2. The number of hydrogen-bond acceptors (Lipinski definition) is 5. The Hall–Kier alpha value is -1.45. The predicted molar refractivity (Wildman–Crippen MR) is 75.4 cm³/mol. The number of nitrogens with one attached hydrogen (secondary N) is 2. The van der Waals surface area contributed by atoms with Crippen molar-refractivity contribution in [1.29, 1.82) is 0 Å². The van der Waals surface area contributed by atoms with Crippen LogP contribution in [0.5, 0.6) is 0 Å². The van der Waals surface area contributed by atoms with E-state index in [0.29, 0.717) is 18.7 Å². The average Bonchev–Trinajstić information content (AvgIpc) is 3.14. The molecule has 1 unspecified atom stereocenters. The minimum atomic E-state index is -4.01. The van der Waals surface area contributed by atoms with Crippen molar-refractivity contribution < 1.29 is 17.9 Å². The van der Waals surface area contributed by atoms with E-state index in [0.717, 1.165) is 12.8 Å². The number of amides is 1. The normalized spacial score (nSPS) is 16.7. The van der Waals surface area contributed by atoms with Crippen LogP contribution in [0.2, 0.25) is 0 Å². The summed E-state index contributed by atoms with van der Waals surface area (Å²) in [6.45, 7) is 2.23. The molecule has 1 aromatic rings. The molecule has 4 N–H and O–H groups in total. The smallest absolute Gasteiger partial charge is 0.273 e. The Labute approximate surface area is 123 Å². The average molecular weight is 316 g/mol. The highest BCUT2D eigenvalue weighted by molar-refractivity contribution is 7.89. The van der Waals surface area contributed by atoms with Gasteiger partial charge in [0.15, 0.2) is 5.69 Å². The van der Waals surface area contributed by atoms with Crippen LogP contribution in [0.4, 0.5) is 0 Å². The molecule has 2 rings (SSSR count). The SMILES string of the molecule is CCC(COC)NC(=O)c1n[nH]c(C2CC2)c1S(N)(=O)=O. The van der Waals surface area contributed by atoms with E-state index in [1.807, 2.05) is 6.92 Å². The van der Waals surface area contributed by atoms with Crippen molar-refractivity contribution in [1.82, 2.24) is 15.5 Å². The summed E-state index contributed by atoms with van der Waals surface area (Å²) in [5.74, 6) is -0.473. The molecular weight excluding hydrogens is 296 g/mol. The molecule has 21 heavy (non-hydrogen) atoms. The zero-order chi connectivity index (χ0) is 15.6. The number of primary sulfonamides is 1. The van der Waals surface area contributed by atoms with Crippen molar-refractivity contribution in [2.24, 2.45) is 5.14 Å². The van der Waals surface area contributed by atoms with Crippen LogP contribution in [0.15, 0.2) is 4.90 Å². The zero-order valence-electron chi connectivity index (χ0n) is 12.0. The molecule has 1 aliphatic carbocycles. The number of aromatic amines is 1. The quantitative estimate of drug-likeness (QED) is 0.657. The summed E-state index contributed by atoms with van der Waals surface area (Å²) in [6.07, 6.45) is 2.39. The molecule has 0 aliphatic heterocycles. The topological polar surface area (TPSA) is 127 Å². The Bertz CT molecular complexity index is 621. The van der Waals surface area contributed by atoms with Gasteiger partial charge < -0.3 is 10.1 Å². The Kier molecular flexibility index (Phi) is 4.64. The molecule has 0 bridgehead atoms. The second kappa shape index (κ2) is 6.12. The van der Waals surface area contributed by atoms with Gasteiger partial charge in [0.2, 0.25) is 10.0 Å². The number of methoxy groups -OCH3 is 1. The van der Waals surface area contributed by atoms with E-state index >= 15 is 0 Å². The number of carbonyl (C=O) groups is 1. The first kappa shape index (κ1) is 15.9. The molecule has 1 saturated carbocycles. The maximum Gasteiger partial charge on any atom is 0.273 e. The van der Waals surface area contributed by atoms with Crippen LogP contribution in [-0.4, -0.2) is 44.3 Å². The fourth-order valence-electron chi connectivity index (χ4n) is 2.15. The van der Waals surface area contributed by atoms with Gasteiger partial charge in [-0.05, 0) is 19.3 Å². The number of hydrogen-bond donors (Lipinski definition) is 3. The zero-order valence-corrected chi connectivity index (χ0v) is 12.9. The Morgan fingerprint density at radius 1 is 1.57 bits per heavy atom. The fourth-order valence-corrected chi connectivity index (χ4v) is 3.08. The summed E-state index contributed by atoms with van der Waals surface area (Å²) < 4.78 is 28.5. The van der Waals surface area contributed by atoms with Crippen molar-refractivity contribution in [2.45, 2.75) is 43.0 Å². The number of ether oxygens (including phenoxy) is 1. The first-order chi connectivity index (χ1) is 9.88. The number of carbonyl (C=O) groups excluding carboxylic acids is 1. The largest absolute Gasteiger partial charge is 0.383 e. The summed E-state index contributed by atoms with van der Waals surface area (Å²) in [4.78, 5) is 12.1. The summed E-state index contributed by atoms with van der Waals surface area (Å²) in [5, 5.41) is 14.4. The van der Waals surface area contributed by atoms with Gasteiger partial charge in [-0.25, -0.2) is 13.6 Å². The van der Waals surface area contributed by atoms with Crippen molar-refractivity contribution in [2.75, 3.05) is 13.7 Å². The van der Waals surface area contributed by atoms with E-state index in [-0.39, 0.29) is 22.5 Å². The molecule has 1 atom stereocenters. The molecule has 0 radical (unpaired) electrons. The third kappa shape index (κ3) is 3.60. The lowest BCUT2D eigenvalue weighted by molar-refractivity contribution is 0.0886. The molecule has 1 heterocycles. The lowest BCUT2D eigenvalue weighted by atomic mass is 10.2. The molecule has 1 aromatic heterocycles.